The second-order valence-electron chi connectivity index (χ2n) is 4.10. The molecule has 0 aliphatic heterocycles. The summed E-state index contributed by atoms with van der Waals surface area (Å²) in [5.41, 5.74) is 0.996. The maximum Gasteiger partial charge on any atom is 0.203 e. The van der Waals surface area contributed by atoms with Gasteiger partial charge in [-0.25, -0.2) is 4.98 Å². The van der Waals surface area contributed by atoms with Gasteiger partial charge in [0, 0.05) is 17.6 Å². The van der Waals surface area contributed by atoms with E-state index in [4.69, 9.17) is 11.6 Å². The zero-order valence-electron chi connectivity index (χ0n) is 10.5. The molecule has 2 aromatic rings. The topological polar surface area (TPSA) is 29.9 Å². The van der Waals surface area contributed by atoms with Gasteiger partial charge in [0.15, 0.2) is 0 Å². The van der Waals surface area contributed by atoms with Gasteiger partial charge >= 0.3 is 0 Å². The number of imidazole rings is 1. The van der Waals surface area contributed by atoms with Gasteiger partial charge in [-0.05, 0) is 26.0 Å². The quantitative estimate of drug-likeness (QED) is 0.836. The molecule has 0 amide bonds. The van der Waals surface area contributed by atoms with E-state index in [-0.39, 0.29) is 6.04 Å². The Hall–Kier alpha value is -1.26. The molecule has 2 heterocycles. The highest BCUT2D eigenvalue weighted by Crippen LogP contribution is 2.30. The van der Waals surface area contributed by atoms with Crippen molar-refractivity contribution in [3.63, 3.8) is 0 Å². The third-order valence-electron chi connectivity index (χ3n) is 2.68. The molecule has 0 saturated carbocycles. The summed E-state index contributed by atoms with van der Waals surface area (Å²) in [6.45, 7) is 8.54. The molecule has 0 bridgehead atoms. The Morgan fingerprint density at radius 2 is 2.39 bits per heavy atom. The first-order valence-corrected chi connectivity index (χ1v) is 6.96. The Morgan fingerprint density at radius 1 is 1.61 bits per heavy atom. The van der Waals surface area contributed by atoms with E-state index in [1.165, 1.54) is 4.88 Å². The molecule has 18 heavy (non-hydrogen) atoms. The average Bonchev–Trinajstić information content (AvgIpc) is 2.92. The minimum Gasteiger partial charge on any atom is -0.352 e. The summed E-state index contributed by atoms with van der Waals surface area (Å²) < 4.78 is 2.94. The number of thiophene rings is 1. The third-order valence-corrected chi connectivity index (χ3v) is 4.08. The number of anilines is 1. The number of rotatable bonds is 5. The Bertz CT molecular complexity index is 544. The molecule has 2 aromatic heterocycles. The number of hydrogen-bond acceptors (Lipinski definition) is 3. The summed E-state index contributed by atoms with van der Waals surface area (Å²) >= 11 is 7.59. The molecule has 0 aliphatic carbocycles. The first kappa shape index (κ1) is 13.2. The van der Waals surface area contributed by atoms with Crippen molar-refractivity contribution in [2.75, 3.05) is 11.9 Å². The predicted molar refractivity (Wildman–Crippen MR) is 78.8 cm³/mol. The van der Waals surface area contributed by atoms with E-state index in [2.05, 4.69) is 34.4 Å². The minimum absolute atomic E-state index is 0.219. The molecule has 3 nitrogen and oxygen atoms in total. The van der Waals surface area contributed by atoms with Gasteiger partial charge in [0.2, 0.25) is 5.95 Å². The maximum atomic E-state index is 5.99. The number of aromatic nitrogens is 2. The first-order chi connectivity index (χ1) is 8.61. The Labute approximate surface area is 116 Å². The van der Waals surface area contributed by atoms with Crippen molar-refractivity contribution in [3.05, 3.63) is 45.9 Å². The molecule has 0 aromatic carbocycles. The van der Waals surface area contributed by atoms with Crippen molar-refractivity contribution in [3.8, 4) is 0 Å². The summed E-state index contributed by atoms with van der Waals surface area (Å²) in [7, 11) is 0. The smallest absolute Gasteiger partial charge is 0.203 e. The van der Waals surface area contributed by atoms with Crippen molar-refractivity contribution >= 4 is 28.9 Å². The van der Waals surface area contributed by atoms with Crippen molar-refractivity contribution < 1.29 is 0 Å². The monoisotopic (exact) mass is 281 g/mol. The summed E-state index contributed by atoms with van der Waals surface area (Å²) in [6.07, 6.45) is 3.87. The largest absolute Gasteiger partial charge is 0.352 e. The molecule has 0 saturated heterocycles. The molecule has 0 radical (unpaired) electrons. The molecule has 1 atom stereocenters. The van der Waals surface area contributed by atoms with E-state index in [0.717, 1.165) is 16.0 Å². The van der Waals surface area contributed by atoms with Gasteiger partial charge in [0.1, 0.15) is 0 Å². The van der Waals surface area contributed by atoms with Crippen LogP contribution in [-0.4, -0.2) is 16.1 Å². The summed E-state index contributed by atoms with van der Waals surface area (Å²) in [5.74, 6) is 0.865. The standard InChI is InChI=1S/C13H16ClN3S/c1-4-7-15-13-16-9(2)8-17(13)10(3)11-5-6-12(14)18-11/h4-6,8,10H,1,7H2,2-3H3,(H,15,16). The zero-order chi connectivity index (χ0) is 13.1. The molecule has 96 valence electrons. The van der Waals surface area contributed by atoms with Crippen LogP contribution in [0.15, 0.2) is 31.0 Å². The van der Waals surface area contributed by atoms with Gasteiger partial charge in [-0.1, -0.05) is 17.7 Å². The van der Waals surface area contributed by atoms with Gasteiger partial charge in [0.25, 0.3) is 0 Å². The van der Waals surface area contributed by atoms with E-state index in [1.807, 2.05) is 25.3 Å². The van der Waals surface area contributed by atoms with Crippen LogP contribution in [0.5, 0.6) is 0 Å². The molecule has 1 N–H and O–H groups in total. The highest BCUT2D eigenvalue weighted by molar-refractivity contribution is 7.16. The summed E-state index contributed by atoms with van der Waals surface area (Å²) in [4.78, 5) is 5.70. The SMILES string of the molecule is C=CCNc1nc(C)cn1C(C)c1ccc(Cl)s1. The number of nitrogens with zero attached hydrogens (tertiary/aromatic N) is 2. The van der Waals surface area contributed by atoms with Crippen LogP contribution in [0.2, 0.25) is 4.34 Å². The van der Waals surface area contributed by atoms with Crippen LogP contribution in [0.4, 0.5) is 5.95 Å². The van der Waals surface area contributed by atoms with Crippen molar-refractivity contribution in [1.82, 2.24) is 9.55 Å². The van der Waals surface area contributed by atoms with E-state index in [1.54, 1.807) is 11.3 Å². The number of nitrogens with one attached hydrogen (secondary N) is 1. The van der Waals surface area contributed by atoms with Gasteiger partial charge in [-0.15, -0.1) is 17.9 Å². The third kappa shape index (κ3) is 2.76. The van der Waals surface area contributed by atoms with Gasteiger partial charge in [-0.3, -0.25) is 0 Å². The van der Waals surface area contributed by atoms with Crippen LogP contribution < -0.4 is 5.32 Å². The van der Waals surface area contributed by atoms with Crippen molar-refractivity contribution in [2.24, 2.45) is 0 Å². The molecule has 1 unspecified atom stereocenters. The van der Waals surface area contributed by atoms with Crippen molar-refractivity contribution in [1.29, 1.82) is 0 Å². The highest BCUT2D eigenvalue weighted by Gasteiger charge is 2.14. The molecule has 0 spiro atoms. The van der Waals surface area contributed by atoms with Crippen LogP contribution in [0.1, 0.15) is 23.5 Å². The van der Waals surface area contributed by atoms with Gasteiger partial charge in [-0.2, -0.15) is 0 Å². The average molecular weight is 282 g/mol. The van der Waals surface area contributed by atoms with Crippen LogP contribution in [0.3, 0.4) is 0 Å². The van der Waals surface area contributed by atoms with E-state index in [0.29, 0.717) is 6.54 Å². The number of hydrogen-bond donors (Lipinski definition) is 1. The van der Waals surface area contributed by atoms with Gasteiger partial charge in [0.05, 0.1) is 16.1 Å². The lowest BCUT2D eigenvalue weighted by atomic mass is 10.3. The molecule has 2 rings (SSSR count). The van der Waals surface area contributed by atoms with E-state index >= 15 is 0 Å². The molecular formula is C13H16ClN3S. The second-order valence-corrected chi connectivity index (χ2v) is 5.85. The van der Waals surface area contributed by atoms with Crippen LogP contribution in [0, 0.1) is 6.92 Å². The lowest BCUT2D eigenvalue weighted by Gasteiger charge is -2.15. The Kier molecular flexibility index (Phi) is 4.09. The van der Waals surface area contributed by atoms with Crippen LogP contribution in [-0.2, 0) is 0 Å². The Balaban J connectivity index is 2.28. The normalized spacial score (nSPS) is 12.4. The lowest BCUT2D eigenvalue weighted by Crippen LogP contribution is -2.10. The van der Waals surface area contributed by atoms with Crippen LogP contribution in [0.25, 0.3) is 0 Å². The van der Waals surface area contributed by atoms with Crippen molar-refractivity contribution in [2.45, 2.75) is 19.9 Å². The molecule has 0 fully saturated rings. The van der Waals surface area contributed by atoms with E-state index in [9.17, 15) is 0 Å². The minimum atomic E-state index is 0.219. The van der Waals surface area contributed by atoms with Gasteiger partial charge < -0.3 is 9.88 Å². The molecule has 0 aliphatic rings. The molecule has 5 heteroatoms. The summed E-state index contributed by atoms with van der Waals surface area (Å²) in [6, 6.07) is 4.21. The van der Waals surface area contributed by atoms with Crippen LogP contribution >= 0.6 is 22.9 Å². The lowest BCUT2D eigenvalue weighted by molar-refractivity contribution is 0.655. The van der Waals surface area contributed by atoms with E-state index < -0.39 is 0 Å². The number of aryl methyl sites for hydroxylation is 1. The predicted octanol–water partition coefficient (Wildman–Crippen LogP) is 4.11. The second kappa shape index (κ2) is 5.59. The fourth-order valence-electron chi connectivity index (χ4n) is 1.80. The number of halogens is 1. The Morgan fingerprint density at radius 3 is 3.00 bits per heavy atom. The fraction of sp³-hybridized carbons (Fsp3) is 0.308. The zero-order valence-corrected chi connectivity index (χ0v) is 12.1. The fourth-order valence-corrected chi connectivity index (χ4v) is 2.91. The molecular weight excluding hydrogens is 266 g/mol. The first-order valence-electron chi connectivity index (χ1n) is 5.77. The highest BCUT2D eigenvalue weighted by atomic mass is 35.5. The summed E-state index contributed by atoms with van der Waals surface area (Å²) in [5, 5.41) is 3.25. The maximum absolute atomic E-state index is 5.99.